The van der Waals surface area contributed by atoms with Gasteiger partial charge in [-0.3, -0.25) is 11.3 Å². The summed E-state index contributed by atoms with van der Waals surface area (Å²) >= 11 is 0. The Morgan fingerprint density at radius 2 is 2.05 bits per heavy atom. The third-order valence-electron chi connectivity index (χ3n) is 2.76. The summed E-state index contributed by atoms with van der Waals surface area (Å²) in [4.78, 5) is 0. The lowest BCUT2D eigenvalue weighted by Crippen LogP contribution is -2.29. The molecule has 0 saturated carbocycles. The van der Waals surface area contributed by atoms with Crippen molar-refractivity contribution in [2.45, 2.75) is 12.5 Å². The van der Waals surface area contributed by atoms with Gasteiger partial charge in [-0.2, -0.15) is 0 Å². The molecule has 0 aliphatic rings. The summed E-state index contributed by atoms with van der Waals surface area (Å²) in [6, 6.07) is 4.61. The van der Waals surface area contributed by atoms with Gasteiger partial charge in [0.25, 0.3) is 0 Å². The van der Waals surface area contributed by atoms with Crippen LogP contribution in [0.5, 0.6) is 5.75 Å². The Labute approximate surface area is 112 Å². The van der Waals surface area contributed by atoms with E-state index in [0.717, 1.165) is 5.56 Å². The van der Waals surface area contributed by atoms with E-state index in [4.69, 9.17) is 20.1 Å². The van der Waals surface area contributed by atoms with Crippen LogP contribution in [0.1, 0.15) is 18.0 Å². The Bertz CT molecular complexity index is 377. The van der Waals surface area contributed by atoms with Crippen molar-refractivity contribution in [3.63, 3.8) is 0 Å². The zero-order valence-corrected chi connectivity index (χ0v) is 11.3. The zero-order valence-electron chi connectivity index (χ0n) is 11.3. The summed E-state index contributed by atoms with van der Waals surface area (Å²) in [7, 11) is 3.05. The van der Waals surface area contributed by atoms with Crippen LogP contribution in [0.2, 0.25) is 0 Å². The van der Waals surface area contributed by atoms with E-state index < -0.39 is 5.82 Å². The second kappa shape index (κ2) is 8.82. The molecule has 0 radical (unpaired) electrons. The summed E-state index contributed by atoms with van der Waals surface area (Å²) in [5.41, 5.74) is 3.42. The summed E-state index contributed by atoms with van der Waals surface area (Å²) in [5, 5.41) is 0. The van der Waals surface area contributed by atoms with E-state index in [0.29, 0.717) is 26.2 Å². The predicted molar refractivity (Wildman–Crippen MR) is 70.3 cm³/mol. The van der Waals surface area contributed by atoms with Crippen LogP contribution < -0.4 is 16.0 Å². The van der Waals surface area contributed by atoms with E-state index >= 15 is 0 Å². The monoisotopic (exact) mass is 272 g/mol. The van der Waals surface area contributed by atoms with Gasteiger partial charge in [-0.25, -0.2) is 4.39 Å². The lowest BCUT2D eigenvalue weighted by Gasteiger charge is -2.17. The van der Waals surface area contributed by atoms with Crippen molar-refractivity contribution in [1.82, 2.24) is 5.43 Å². The number of rotatable bonds is 9. The van der Waals surface area contributed by atoms with Crippen molar-refractivity contribution in [2.75, 3.05) is 34.0 Å². The van der Waals surface area contributed by atoms with Crippen LogP contribution in [0.15, 0.2) is 18.2 Å². The first-order chi connectivity index (χ1) is 9.22. The van der Waals surface area contributed by atoms with Crippen molar-refractivity contribution in [1.29, 1.82) is 0 Å². The predicted octanol–water partition coefficient (Wildman–Crippen LogP) is 1.39. The molecule has 0 aliphatic carbocycles. The number of nitrogens with one attached hydrogen (secondary N) is 1. The third kappa shape index (κ3) is 5.12. The van der Waals surface area contributed by atoms with Gasteiger partial charge >= 0.3 is 0 Å². The van der Waals surface area contributed by atoms with Gasteiger partial charge < -0.3 is 14.2 Å². The van der Waals surface area contributed by atoms with Crippen LogP contribution in [0.3, 0.4) is 0 Å². The van der Waals surface area contributed by atoms with Gasteiger partial charge in [0.1, 0.15) is 0 Å². The first-order valence-electron chi connectivity index (χ1n) is 6.09. The van der Waals surface area contributed by atoms with Crippen LogP contribution in [-0.4, -0.2) is 34.0 Å². The van der Waals surface area contributed by atoms with Crippen molar-refractivity contribution >= 4 is 0 Å². The van der Waals surface area contributed by atoms with Gasteiger partial charge in [-0.15, -0.1) is 0 Å². The maximum Gasteiger partial charge on any atom is 0.165 e. The van der Waals surface area contributed by atoms with Gasteiger partial charge in [-0.1, -0.05) is 6.07 Å². The van der Waals surface area contributed by atoms with Crippen molar-refractivity contribution in [3.8, 4) is 5.75 Å². The molecule has 0 bridgehead atoms. The molecule has 19 heavy (non-hydrogen) atoms. The average Bonchev–Trinajstić information content (AvgIpc) is 2.43. The number of hydrogen-bond acceptors (Lipinski definition) is 5. The van der Waals surface area contributed by atoms with Gasteiger partial charge in [0.15, 0.2) is 11.6 Å². The summed E-state index contributed by atoms with van der Waals surface area (Å²) in [6.45, 7) is 1.61. The quantitative estimate of drug-likeness (QED) is 0.404. The molecule has 3 N–H and O–H groups in total. The molecule has 5 nitrogen and oxygen atoms in total. The lowest BCUT2D eigenvalue weighted by atomic mass is 10.0. The number of nitrogens with two attached hydrogens (primary N) is 1. The van der Waals surface area contributed by atoms with Crippen LogP contribution in [-0.2, 0) is 9.47 Å². The largest absolute Gasteiger partial charge is 0.494 e. The first-order valence-corrected chi connectivity index (χ1v) is 6.09. The minimum Gasteiger partial charge on any atom is -0.494 e. The number of benzene rings is 1. The zero-order chi connectivity index (χ0) is 14.1. The van der Waals surface area contributed by atoms with E-state index in [9.17, 15) is 4.39 Å². The summed E-state index contributed by atoms with van der Waals surface area (Å²) in [6.07, 6.45) is 0.645. The Morgan fingerprint density at radius 3 is 2.63 bits per heavy atom. The number of methoxy groups -OCH3 is 2. The van der Waals surface area contributed by atoms with Gasteiger partial charge in [0, 0.05) is 19.8 Å². The van der Waals surface area contributed by atoms with E-state index in [1.165, 1.54) is 13.2 Å². The molecule has 1 aromatic rings. The molecule has 0 amide bonds. The number of hydrogen-bond donors (Lipinski definition) is 2. The number of halogens is 1. The first kappa shape index (κ1) is 15.8. The molecule has 0 saturated heterocycles. The highest BCUT2D eigenvalue weighted by atomic mass is 19.1. The highest BCUT2D eigenvalue weighted by molar-refractivity contribution is 5.30. The average molecular weight is 272 g/mol. The molecular formula is C13H21FN2O3. The Balaban J connectivity index is 2.52. The molecule has 108 valence electrons. The fourth-order valence-electron chi connectivity index (χ4n) is 1.69. The van der Waals surface area contributed by atoms with Crippen LogP contribution in [0.4, 0.5) is 4.39 Å². The molecule has 0 heterocycles. The maximum absolute atomic E-state index is 13.6. The minimum absolute atomic E-state index is 0.164. The molecule has 0 aliphatic heterocycles. The van der Waals surface area contributed by atoms with Gasteiger partial charge in [-0.05, 0) is 24.1 Å². The molecule has 0 fully saturated rings. The van der Waals surface area contributed by atoms with Crippen LogP contribution >= 0.6 is 0 Å². The Kier molecular flexibility index (Phi) is 7.35. The van der Waals surface area contributed by atoms with E-state index in [2.05, 4.69) is 5.43 Å². The van der Waals surface area contributed by atoms with Crippen LogP contribution in [0.25, 0.3) is 0 Å². The fourth-order valence-corrected chi connectivity index (χ4v) is 1.69. The third-order valence-corrected chi connectivity index (χ3v) is 2.76. The molecule has 1 unspecified atom stereocenters. The molecule has 1 aromatic carbocycles. The second-order valence-corrected chi connectivity index (χ2v) is 4.01. The summed E-state index contributed by atoms with van der Waals surface area (Å²) in [5.74, 6) is 5.30. The second-order valence-electron chi connectivity index (χ2n) is 4.01. The minimum atomic E-state index is -0.402. The maximum atomic E-state index is 13.6. The van der Waals surface area contributed by atoms with Gasteiger partial charge in [0.05, 0.1) is 20.3 Å². The Morgan fingerprint density at radius 1 is 1.26 bits per heavy atom. The molecule has 1 atom stereocenters. The molecule has 0 spiro atoms. The highest BCUT2D eigenvalue weighted by Crippen LogP contribution is 2.23. The SMILES string of the molecule is COCCOCCC(NN)c1ccc(OC)c(F)c1. The normalized spacial score (nSPS) is 12.4. The highest BCUT2D eigenvalue weighted by Gasteiger charge is 2.12. The smallest absolute Gasteiger partial charge is 0.165 e. The number of ether oxygens (including phenoxy) is 3. The topological polar surface area (TPSA) is 65.7 Å². The lowest BCUT2D eigenvalue weighted by molar-refractivity contribution is 0.0657. The molecule has 1 rings (SSSR count). The number of hydrazine groups is 1. The van der Waals surface area contributed by atoms with Crippen molar-refractivity contribution < 1.29 is 18.6 Å². The van der Waals surface area contributed by atoms with Crippen molar-refractivity contribution in [3.05, 3.63) is 29.6 Å². The molecule has 6 heteroatoms. The van der Waals surface area contributed by atoms with E-state index in [1.807, 2.05) is 0 Å². The molecular weight excluding hydrogens is 251 g/mol. The van der Waals surface area contributed by atoms with E-state index in [1.54, 1.807) is 19.2 Å². The van der Waals surface area contributed by atoms with Crippen LogP contribution in [0, 0.1) is 5.82 Å². The fraction of sp³-hybridized carbons (Fsp3) is 0.538. The Hall–Kier alpha value is -1.21. The summed E-state index contributed by atoms with van der Waals surface area (Å²) < 4.78 is 28.7. The van der Waals surface area contributed by atoms with Crippen molar-refractivity contribution in [2.24, 2.45) is 5.84 Å². The molecule has 0 aromatic heterocycles. The van der Waals surface area contributed by atoms with E-state index in [-0.39, 0.29) is 11.8 Å². The standard InChI is InChI=1S/C13H21FN2O3/c1-17-7-8-19-6-5-12(16-15)10-3-4-13(18-2)11(14)9-10/h3-4,9,12,16H,5-8,15H2,1-2H3. The van der Waals surface area contributed by atoms with Gasteiger partial charge in [0.2, 0.25) is 0 Å².